The number of rotatable bonds is 3. The van der Waals surface area contributed by atoms with Gasteiger partial charge in [-0.1, -0.05) is 20.3 Å². The number of phosphoric ester groups is 1. The Morgan fingerprint density at radius 1 is 1.50 bits per heavy atom. The van der Waals surface area contributed by atoms with Gasteiger partial charge in [0.2, 0.25) is 0 Å². The van der Waals surface area contributed by atoms with Crippen LogP contribution in [0.2, 0.25) is 0 Å². The van der Waals surface area contributed by atoms with Crippen LogP contribution in [-0.2, 0) is 18.1 Å². The van der Waals surface area contributed by atoms with Crippen LogP contribution in [0.5, 0.6) is 0 Å². The second-order valence-corrected chi connectivity index (χ2v) is 6.36. The average Bonchev–Trinajstić information content (AvgIpc) is 2.67. The van der Waals surface area contributed by atoms with Crippen LogP contribution in [0, 0.1) is 5.92 Å². The van der Waals surface area contributed by atoms with Crippen molar-refractivity contribution >= 4 is 7.82 Å². The first-order valence-electron chi connectivity index (χ1n) is 6.05. The number of hydrogen-bond acceptors (Lipinski definition) is 5. The highest BCUT2D eigenvalue weighted by Crippen LogP contribution is 2.76. The molecule has 0 amide bonds. The summed E-state index contributed by atoms with van der Waals surface area (Å²) in [7, 11) is -3.16. The minimum Gasteiger partial charge on any atom is -0.276 e. The molecule has 4 saturated heterocycles. The maximum absolute atomic E-state index is 11.7. The zero-order valence-electron chi connectivity index (χ0n) is 9.72. The predicted octanol–water partition coefficient (Wildman–Crippen LogP) is 2.34. The normalized spacial score (nSPS) is 51.1. The molecule has 0 aliphatic carbocycles. The molecule has 6 heteroatoms. The Morgan fingerprint density at radius 3 is 2.94 bits per heavy atom. The standard InChI is InChI=1S/C10H18NO4P/c1-3-4-6-11-7-5-8(2)9-10(11)14-16(12,13-9)15-10/h8-9H,3-7H2,1-2H3. The van der Waals surface area contributed by atoms with Gasteiger partial charge in [-0.15, -0.1) is 0 Å². The van der Waals surface area contributed by atoms with Crippen molar-refractivity contribution in [2.45, 2.75) is 45.1 Å². The van der Waals surface area contributed by atoms with Gasteiger partial charge >= 0.3 is 7.82 Å². The molecule has 2 atom stereocenters. The van der Waals surface area contributed by atoms with Crippen molar-refractivity contribution < 1.29 is 18.1 Å². The fraction of sp³-hybridized carbons (Fsp3) is 1.00. The Kier molecular flexibility index (Phi) is 2.47. The van der Waals surface area contributed by atoms with Gasteiger partial charge in [0, 0.05) is 13.1 Å². The Labute approximate surface area is 95.7 Å². The fourth-order valence-electron chi connectivity index (χ4n) is 2.72. The summed E-state index contributed by atoms with van der Waals surface area (Å²) in [6, 6.07) is 0. The van der Waals surface area contributed by atoms with Crippen LogP contribution >= 0.6 is 7.82 Å². The minimum absolute atomic E-state index is 0.177. The van der Waals surface area contributed by atoms with Gasteiger partial charge < -0.3 is 0 Å². The summed E-state index contributed by atoms with van der Waals surface area (Å²) in [5.74, 6) is -0.473. The van der Waals surface area contributed by atoms with Crippen molar-refractivity contribution in [3.05, 3.63) is 0 Å². The van der Waals surface area contributed by atoms with E-state index in [0.717, 1.165) is 32.4 Å². The first kappa shape index (κ1) is 11.2. The molecule has 0 saturated carbocycles. The summed E-state index contributed by atoms with van der Waals surface area (Å²) in [4.78, 5) is 2.14. The van der Waals surface area contributed by atoms with Crippen LogP contribution in [0.4, 0.5) is 0 Å². The molecule has 4 aliphatic rings. The Bertz CT molecular complexity index is 336. The Balaban J connectivity index is 1.80. The van der Waals surface area contributed by atoms with E-state index in [1.54, 1.807) is 0 Å². The van der Waals surface area contributed by atoms with E-state index in [-0.39, 0.29) is 6.10 Å². The van der Waals surface area contributed by atoms with Gasteiger partial charge in [-0.05, 0) is 18.8 Å². The van der Waals surface area contributed by atoms with Gasteiger partial charge in [-0.25, -0.2) is 18.5 Å². The second kappa shape index (κ2) is 3.53. The van der Waals surface area contributed by atoms with Crippen LogP contribution < -0.4 is 0 Å². The topological polar surface area (TPSA) is 48.0 Å². The molecule has 0 aromatic heterocycles. The molecule has 16 heavy (non-hydrogen) atoms. The zero-order chi connectivity index (χ0) is 11.4. The minimum atomic E-state index is -3.16. The van der Waals surface area contributed by atoms with E-state index >= 15 is 0 Å². The number of likely N-dealkylation sites (tertiary alicyclic amines) is 1. The largest absolute Gasteiger partial charge is 0.482 e. The molecular formula is C10H18NO4P. The van der Waals surface area contributed by atoms with Gasteiger partial charge in [0.1, 0.15) is 6.10 Å². The van der Waals surface area contributed by atoms with E-state index in [1.807, 2.05) is 0 Å². The third-order valence-electron chi connectivity index (χ3n) is 3.68. The lowest BCUT2D eigenvalue weighted by Gasteiger charge is -2.48. The highest BCUT2D eigenvalue weighted by Gasteiger charge is 2.75. The maximum Gasteiger partial charge on any atom is 0.482 e. The number of piperidine rings is 1. The van der Waals surface area contributed by atoms with Gasteiger partial charge in [0.15, 0.2) is 0 Å². The molecule has 0 radical (unpaired) electrons. The molecule has 0 aromatic carbocycles. The number of hydrogen-bond donors (Lipinski definition) is 0. The van der Waals surface area contributed by atoms with Crippen molar-refractivity contribution in [1.82, 2.24) is 4.90 Å². The SMILES string of the molecule is CCCCN1CCC(C)C2OP3(=O)OC21O3. The second-order valence-electron chi connectivity index (χ2n) is 4.89. The van der Waals surface area contributed by atoms with E-state index < -0.39 is 13.7 Å². The molecular weight excluding hydrogens is 229 g/mol. The molecule has 4 rings (SSSR count). The summed E-state index contributed by atoms with van der Waals surface area (Å²) in [5, 5.41) is 0. The van der Waals surface area contributed by atoms with E-state index in [4.69, 9.17) is 13.6 Å². The highest BCUT2D eigenvalue weighted by atomic mass is 31.2. The van der Waals surface area contributed by atoms with E-state index in [1.165, 1.54) is 0 Å². The smallest absolute Gasteiger partial charge is 0.276 e. The van der Waals surface area contributed by atoms with Gasteiger partial charge in [0.25, 0.3) is 5.91 Å². The Hall–Kier alpha value is 0.0700. The van der Waals surface area contributed by atoms with E-state index in [9.17, 15) is 4.57 Å². The lowest BCUT2D eigenvalue weighted by atomic mass is 9.92. The summed E-state index contributed by atoms with van der Waals surface area (Å²) in [5.41, 5.74) is 0. The lowest BCUT2D eigenvalue weighted by Crippen LogP contribution is -2.63. The van der Waals surface area contributed by atoms with Crippen LogP contribution in [0.1, 0.15) is 33.1 Å². The molecule has 0 aromatic rings. The molecule has 4 fully saturated rings. The first-order chi connectivity index (χ1) is 7.60. The van der Waals surface area contributed by atoms with Crippen molar-refractivity contribution in [3.8, 4) is 0 Å². The molecule has 0 N–H and O–H groups in total. The van der Waals surface area contributed by atoms with Crippen LogP contribution in [-0.4, -0.2) is 30.0 Å². The third-order valence-corrected chi connectivity index (χ3v) is 5.14. The monoisotopic (exact) mass is 247 g/mol. The number of nitrogens with zero attached hydrogens (tertiary/aromatic N) is 1. The number of phosphoric acid groups is 1. The fourth-order valence-corrected chi connectivity index (χ4v) is 4.52. The van der Waals surface area contributed by atoms with E-state index in [0.29, 0.717) is 5.92 Å². The molecule has 92 valence electrons. The van der Waals surface area contributed by atoms with Crippen molar-refractivity contribution in [3.63, 3.8) is 0 Å². The average molecular weight is 247 g/mol. The van der Waals surface area contributed by atoms with Crippen LogP contribution in [0.15, 0.2) is 0 Å². The lowest BCUT2D eigenvalue weighted by molar-refractivity contribution is -0.297. The predicted molar refractivity (Wildman–Crippen MR) is 57.6 cm³/mol. The van der Waals surface area contributed by atoms with Crippen molar-refractivity contribution in [1.29, 1.82) is 0 Å². The summed E-state index contributed by atoms with van der Waals surface area (Å²) in [6.45, 7) is 6.11. The zero-order valence-corrected chi connectivity index (χ0v) is 10.6. The highest BCUT2D eigenvalue weighted by molar-refractivity contribution is 7.50. The molecule has 2 unspecified atom stereocenters. The van der Waals surface area contributed by atoms with Crippen molar-refractivity contribution in [2.75, 3.05) is 13.1 Å². The van der Waals surface area contributed by atoms with Gasteiger partial charge in [0.05, 0.1) is 0 Å². The van der Waals surface area contributed by atoms with Crippen LogP contribution in [0.25, 0.3) is 0 Å². The molecule has 4 aliphatic heterocycles. The molecule has 2 bridgehead atoms. The number of unbranched alkanes of at least 4 members (excludes halogenated alkanes) is 1. The molecule has 4 heterocycles. The first-order valence-corrected chi connectivity index (χ1v) is 7.51. The van der Waals surface area contributed by atoms with E-state index in [2.05, 4.69) is 18.7 Å². The van der Waals surface area contributed by atoms with Crippen molar-refractivity contribution in [2.24, 2.45) is 5.92 Å². The third kappa shape index (κ3) is 1.36. The Morgan fingerprint density at radius 2 is 2.25 bits per heavy atom. The summed E-state index contributed by atoms with van der Waals surface area (Å²) < 4.78 is 28.0. The van der Waals surface area contributed by atoms with Crippen LogP contribution in [0.3, 0.4) is 0 Å². The van der Waals surface area contributed by atoms with Gasteiger partial charge in [-0.3, -0.25) is 4.52 Å². The molecule has 1 spiro atoms. The van der Waals surface area contributed by atoms with Gasteiger partial charge in [-0.2, -0.15) is 0 Å². The molecule has 5 nitrogen and oxygen atoms in total. The quantitative estimate of drug-likeness (QED) is 0.716. The maximum atomic E-state index is 11.7. The summed E-state index contributed by atoms with van der Waals surface area (Å²) >= 11 is 0. The summed E-state index contributed by atoms with van der Waals surface area (Å²) in [6.07, 6.45) is 3.09.